The molecule has 0 atom stereocenters. The first-order chi connectivity index (χ1) is 5.70. The van der Waals surface area contributed by atoms with E-state index in [9.17, 15) is 0 Å². The first-order valence-corrected chi connectivity index (χ1v) is 3.89. The topological polar surface area (TPSA) is 64.4 Å². The Morgan fingerprint density at radius 1 is 1.75 bits per heavy atom. The molecule has 4 heteroatoms. The summed E-state index contributed by atoms with van der Waals surface area (Å²) in [6, 6.07) is 1.77. The summed E-state index contributed by atoms with van der Waals surface area (Å²) in [5.41, 5.74) is 5.62. The lowest BCUT2D eigenvalue weighted by molar-refractivity contribution is 0.385. The highest BCUT2D eigenvalue weighted by molar-refractivity contribution is 5.82. The van der Waals surface area contributed by atoms with Gasteiger partial charge in [-0.3, -0.25) is 4.99 Å². The fourth-order valence-corrected chi connectivity index (χ4v) is 0.675. The SMILES string of the molecule is CC(C)C(N)=NCc1ccno1. The molecule has 1 rings (SSSR count). The van der Waals surface area contributed by atoms with Gasteiger partial charge in [-0.05, 0) is 0 Å². The molecule has 0 unspecified atom stereocenters. The summed E-state index contributed by atoms with van der Waals surface area (Å²) in [6.45, 7) is 4.47. The van der Waals surface area contributed by atoms with Gasteiger partial charge in [-0.15, -0.1) is 0 Å². The predicted octanol–water partition coefficient (Wildman–Crippen LogP) is 1.19. The molecule has 66 valence electrons. The first-order valence-electron chi connectivity index (χ1n) is 3.89. The van der Waals surface area contributed by atoms with Gasteiger partial charge in [0.15, 0.2) is 5.76 Å². The molecule has 0 saturated heterocycles. The van der Waals surface area contributed by atoms with E-state index in [1.807, 2.05) is 13.8 Å². The zero-order valence-corrected chi connectivity index (χ0v) is 7.32. The lowest BCUT2D eigenvalue weighted by Crippen LogP contribution is -2.18. The van der Waals surface area contributed by atoms with Crippen LogP contribution in [0.4, 0.5) is 0 Å². The first kappa shape index (κ1) is 8.77. The van der Waals surface area contributed by atoms with Crippen molar-refractivity contribution in [2.24, 2.45) is 16.6 Å². The summed E-state index contributed by atoms with van der Waals surface area (Å²) in [7, 11) is 0. The Hall–Kier alpha value is -1.32. The van der Waals surface area contributed by atoms with Crippen LogP contribution >= 0.6 is 0 Å². The number of hydrogen-bond acceptors (Lipinski definition) is 3. The van der Waals surface area contributed by atoms with Crippen LogP contribution in [0.2, 0.25) is 0 Å². The maximum Gasteiger partial charge on any atom is 0.158 e. The van der Waals surface area contributed by atoms with Crippen LogP contribution in [0.15, 0.2) is 21.8 Å². The van der Waals surface area contributed by atoms with Crippen LogP contribution in [0.25, 0.3) is 0 Å². The van der Waals surface area contributed by atoms with Gasteiger partial charge in [-0.1, -0.05) is 19.0 Å². The lowest BCUT2D eigenvalue weighted by Gasteiger charge is -2.01. The monoisotopic (exact) mass is 167 g/mol. The van der Waals surface area contributed by atoms with Crippen molar-refractivity contribution in [2.75, 3.05) is 0 Å². The van der Waals surface area contributed by atoms with Crippen LogP contribution in [-0.4, -0.2) is 11.0 Å². The predicted molar refractivity (Wildman–Crippen MR) is 46.7 cm³/mol. The molecular weight excluding hydrogens is 154 g/mol. The average molecular weight is 167 g/mol. The Morgan fingerprint density at radius 3 is 3.00 bits per heavy atom. The zero-order chi connectivity index (χ0) is 8.97. The number of aromatic nitrogens is 1. The highest BCUT2D eigenvalue weighted by atomic mass is 16.5. The Balaban J connectivity index is 2.49. The maximum absolute atomic E-state index is 5.62. The van der Waals surface area contributed by atoms with Gasteiger partial charge >= 0.3 is 0 Å². The van der Waals surface area contributed by atoms with E-state index in [0.717, 1.165) is 5.76 Å². The Bertz CT molecular complexity index is 251. The van der Waals surface area contributed by atoms with Gasteiger partial charge in [0.2, 0.25) is 0 Å². The third-order valence-corrected chi connectivity index (χ3v) is 1.50. The molecule has 0 aliphatic heterocycles. The zero-order valence-electron chi connectivity index (χ0n) is 7.32. The number of nitrogens with zero attached hydrogens (tertiary/aromatic N) is 2. The molecule has 4 nitrogen and oxygen atoms in total. The average Bonchev–Trinajstić information content (AvgIpc) is 2.51. The van der Waals surface area contributed by atoms with E-state index in [4.69, 9.17) is 10.3 Å². The van der Waals surface area contributed by atoms with E-state index < -0.39 is 0 Å². The van der Waals surface area contributed by atoms with Crippen molar-refractivity contribution in [2.45, 2.75) is 20.4 Å². The largest absolute Gasteiger partial charge is 0.387 e. The van der Waals surface area contributed by atoms with Gasteiger partial charge in [0.25, 0.3) is 0 Å². The molecule has 0 aromatic carbocycles. The summed E-state index contributed by atoms with van der Waals surface area (Å²) in [6.07, 6.45) is 1.59. The van der Waals surface area contributed by atoms with Crippen molar-refractivity contribution in [3.05, 3.63) is 18.0 Å². The van der Waals surface area contributed by atoms with E-state index in [0.29, 0.717) is 12.4 Å². The molecule has 1 aromatic heterocycles. The summed E-state index contributed by atoms with van der Waals surface area (Å²) in [4.78, 5) is 4.13. The van der Waals surface area contributed by atoms with Crippen molar-refractivity contribution in [3.63, 3.8) is 0 Å². The van der Waals surface area contributed by atoms with Crippen LogP contribution in [0.5, 0.6) is 0 Å². The van der Waals surface area contributed by atoms with Crippen LogP contribution in [0.1, 0.15) is 19.6 Å². The highest BCUT2D eigenvalue weighted by Crippen LogP contribution is 2.00. The fourth-order valence-electron chi connectivity index (χ4n) is 0.675. The second-order valence-corrected chi connectivity index (χ2v) is 2.87. The van der Waals surface area contributed by atoms with Crippen molar-refractivity contribution in [1.29, 1.82) is 0 Å². The standard InChI is InChI=1S/C8H13N3O/c1-6(2)8(9)10-5-7-3-4-11-12-7/h3-4,6H,5H2,1-2H3,(H2,9,10). The van der Waals surface area contributed by atoms with Crippen molar-refractivity contribution in [1.82, 2.24) is 5.16 Å². The maximum atomic E-state index is 5.62. The van der Waals surface area contributed by atoms with Gasteiger partial charge in [-0.2, -0.15) is 0 Å². The summed E-state index contributed by atoms with van der Waals surface area (Å²) in [5.74, 6) is 1.66. The lowest BCUT2D eigenvalue weighted by atomic mass is 10.2. The van der Waals surface area contributed by atoms with E-state index >= 15 is 0 Å². The molecule has 0 aliphatic carbocycles. The molecule has 1 aromatic rings. The Kier molecular flexibility index (Phi) is 2.85. The highest BCUT2D eigenvalue weighted by Gasteiger charge is 1.99. The number of nitrogens with two attached hydrogens (primary N) is 1. The normalized spacial score (nSPS) is 12.4. The number of hydrogen-bond donors (Lipinski definition) is 1. The second kappa shape index (κ2) is 3.90. The molecule has 0 radical (unpaired) electrons. The molecule has 0 saturated carbocycles. The number of aliphatic imine (C=N–C) groups is 1. The van der Waals surface area contributed by atoms with Crippen molar-refractivity contribution < 1.29 is 4.52 Å². The van der Waals surface area contributed by atoms with E-state index in [1.54, 1.807) is 12.3 Å². The van der Waals surface area contributed by atoms with E-state index in [1.165, 1.54) is 0 Å². The Morgan fingerprint density at radius 2 is 2.50 bits per heavy atom. The number of amidine groups is 1. The summed E-state index contributed by atoms with van der Waals surface area (Å²) in [5, 5.41) is 3.56. The van der Waals surface area contributed by atoms with Crippen molar-refractivity contribution >= 4 is 5.84 Å². The minimum absolute atomic E-state index is 0.285. The van der Waals surface area contributed by atoms with Gasteiger partial charge in [-0.25, -0.2) is 0 Å². The minimum Gasteiger partial charge on any atom is -0.387 e. The smallest absolute Gasteiger partial charge is 0.158 e. The van der Waals surface area contributed by atoms with Crippen molar-refractivity contribution in [3.8, 4) is 0 Å². The molecule has 1 heterocycles. The fraction of sp³-hybridized carbons (Fsp3) is 0.500. The van der Waals surface area contributed by atoms with Gasteiger partial charge in [0, 0.05) is 12.0 Å². The molecule has 0 fully saturated rings. The van der Waals surface area contributed by atoms with Gasteiger partial charge in [0.05, 0.1) is 12.0 Å². The molecule has 0 bridgehead atoms. The van der Waals surface area contributed by atoms with E-state index in [2.05, 4.69) is 10.1 Å². The summed E-state index contributed by atoms with van der Waals surface area (Å²) < 4.78 is 4.85. The van der Waals surface area contributed by atoms with Crippen LogP contribution in [-0.2, 0) is 6.54 Å². The second-order valence-electron chi connectivity index (χ2n) is 2.87. The van der Waals surface area contributed by atoms with Crippen LogP contribution in [0.3, 0.4) is 0 Å². The molecule has 2 N–H and O–H groups in total. The molecular formula is C8H13N3O. The van der Waals surface area contributed by atoms with Gasteiger partial charge in [0.1, 0.15) is 6.54 Å². The van der Waals surface area contributed by atoms with Crippen LogP contribution < -0.4 is 5.73 Å². The molecule has 0 amide bonds. The third-order valence-electron chi connectivity index (χ3n) is 1.50. The van der Waals surface area contributed by atoms with Gasteiger partial charge < -0.3 is 10.3 Å². The Labute approximate surface area is 71.5 Å². The number of rotatable bonds is 3. The van der Waals surface area contributed by atoms with E-state index in [-0.39, 0.29) is 5.92 Å². The minimum atomic E-state index is 0.285. The quantitative estimate of drug-likeness (QED) is 0.543. The molecule has 12 heavy (non-hydrogen) atoms. The third kappa shape index (κ3) is 2.38. The molecule has 0 spiro atoms. The summed E-state index contributed by atoms with van der Waals surface area (Å²) >= 11 is 0. The molecule has 0 aliphatic rings. The van der Waals surface area contributed by atoms with Crippen LogP contribution in [0, 0.1) is 5.92 Å².